The third-order valence-corrected chi connectivity index (χ3v) is 3.55. The molecule has 0 spiro atoms. The first kappa shape index (κ1) is 11.9. The Bertz CT molecular complexity index is 534. The van der Waals surface area contributed by atoms with Crippen molar-refractivity contribution >= 4 is 16.5 Å². The predicted octanol–water partition coefficient (Wildman–Crippen LogP) is 2.94. The molecule has 2 aromatic rings. The number of ether oxygens (including phenoxy) is 1. The smallest absolute Gasteiger partial charge is 0.180 e. The number of thiazole rings is 1. The maximum Gasteiger partial charge on any atom is 0.180 e. The zero-order valence-electron chi connectivity index (χ0n) is 10.3. The van der Waals surface area contributed by atoms with Crippen molar-refractivity contribution in [1.82, 2.24) is 4.98 Å². The molecule has 1 heterocycles. The third-order valence-electron chi connectivity index (χ3n) is 2.70. The normalized spacial score (nSPS) is 10.5. The minimum absolute atomic E-state index is 0.629. The standard InChI is InChI=1S/C13H16N2OS/c1-8-4-5-12(16-3)10(6-8)7-11-9(2)17-13(14)15-11/h4-6H,7H2,1-3H3,(H2,14,15). The molecule has 0 unspecified atom stereocenters. The first-order valence-corrected chi connectivity index (χ1v) is 6.27. The zero-order chi connectivity index (χ0) is 12.4. The molecule has 0 bridgehead atoms. The van der Waals surface area contributed by atoms with Gasteiger partial charge in [0.05, 0.1) is 12.8 Å². The van der Waals surface area contributed by atoms with E-state index in [0.29, 0.717) is 5.13 Å². The summed E-state index contributed by atoms with van der Waals surface area (Å²) in [4.78, 5) is 5.52. The van der Waals surface area contributed by atoms with Crippen LogP contribution in [0.3, 0.4) is 0 Å². The van der Waals surface area contributed by atoms with Crippen molar-refractivity contribution < 1.29 is 4.74 Å². The van der Waals surface area contributed by atoms with Gasteiger partial charge >= 0.3 is 0 Å². The van der Waals surface area contributed by atoms with Gasteiger partial charge < -0.3 is 10.5 Å². The van der Waals surface area contributed by atoms with Crippen molar-refractivity contribution in [2.24, 2.45) is 0 Å². The number of nitrogens with two attached hydrogens (primary N) is 1. The quantitative estimate of drug-likeness (QED) is 0.908. The van der Waals surface area contributed by atoms with Crippen LogP contribution >= 0.6 is 11.3 Å². The molecule has 0 aliphatic carbocycles. The summed E-state index contributed by atoms with van der Waals surface area (Å²) in [6.45, 7) is 4.12. The molecule has 90 valence electrons. The van der Waals surface area contributed by atoms with Crippen LogP contribution in [0.2, 0.25) is 0 Å². The van der Waals surface area contributed by atoms with Gasteiger partial charge in [0, 0.05) is 16.9 Å². The highest BCUT2D eigenvalue weighted by atomic mass is 32.1. The second-order valence-corrected chi connectivity index (χ2v) is 5.28. The molecule has 0 atom stereocenters. The Labute approximate surface area is 105 Å². The highest BCUT2D eigenvalue weighted by Crippen LogP contribution is 2.26. The summed E-state index contributed by atoms with van der Waals surface area (Å²) in [5, 5.41) is 0.629. The van der Waals surface area contributed by atoms with E-state index in [2.05, 4.69) is 18.0 Å². The van der Waals surface area contributed by atoms with E-state index in [4.69, 9.17) is 10.5 Å². The van der Waals surface area contributed by atoms with Crippen molar-refractivity contribution in [2.45, 2.75) is 20.3 Å². The molecule has 0 aliphatic rings. The summed E-state index contributed by atoms with van der Waals surface area (Å²) in [7, 11) is 1.69. The lowest BCUT2D eigenvalue weighted by Gasteiger charge is -2.08. The van der Waals surface area contributed by atoms with Crippen molar-refractivity contribution in [3.05, 3.63) is 39.9 Å². The van der Waals surface area contributed by atoms with Crippen molar-refractivity contribution in [3.63, 3.8) is 0 Å². The summed E-state index contributed by atoms with van der Waals surface area (Å²) in [6.07, 6.45) is 0.768. The van der Waals surface area contributed by atoms with Crippen LogP contribution in [0.15, 0.2) is 18.2 Å². The third kappa shape index (κ3) is 2.58. The van der Waals surface area contributed by atoms with Crippen molar-refractivity contribution in [2.75, 3.05) is 12.8 Å². The summed E-state index contributed by atoms with van der Waals surface area (Å²) >= 11 is 1.53. The fourth-order valence-corrected chi connectivity index (χ4v) is 2.55. The first-order chi connectivity index (χ1) is 8.10. The van der Waals surface area contributed by atoms with E-state index in [-0.39, 0.29) is 0 Å². The maximum atomic E-state index is 5.71. The second-order valence-electron chi connectivity index (χ2n) is 4.05. The van der Waals surface area contributed by atoms with Crippen LogP contribution in [-0.4, -0.2) is 12.1 Å². The number of aromatic nitrogens is 1. The lowest BCUT2D eigenvalue weighted by atomic mass is 10.1. The molecule has 2 rings (SSSR count). The van der Waals surface area contributed by atoms with Gasteiger partial charge in [0.1, 0.15) is 5.75 Å². The Hall–Kier alpha value is -1.55. The minimum atomic E-state index is 0.629. The van der Waals surface area contributed by atoms with Crippen LogP contribution in [0.4, 0.5) is 5.13 Å². The fourth-order valence-electron chi connectivity index (χ4n) is 1.84. The van der Waals surface area contributed by atoms with Crippen LogP contribution in [-0.2, 0) is 6.42 Å². The largest absolute Gasteiger partial charge is 0.496 e. The van der Waals surface area contributed by atoms with Crippen LogP contribution in [0.1, 0.15) is 21.7 Å². The number of nitrogen functional groups attached to an aromatic ring is 1. The number of aryl methyl sites for hydroxylation is 2. The Morgan fingerprint density at radius 1 is 1.35 bits per heavy atom. The average Bonchev–Trinajstić information content (AvgIpc) is 2.58. The van der Waals surface area contributed by atoms with Gasteiger partial charge in [-0.1, -0.05) is 17.7 Å². The van der Waals surface area contributed by atoms with Gasteiger partial charge in [-0.2, -0.15) is 0 Å². The van der Waals surface area contributed by atoms with Gasteiger partial charge in [0.2, 0.25) is 0 Å². The van der Waals surface area contributed by atoms with E-state index in [9.17, 15) is 0 Å². The average molecular weight is 248 g/mol. The van der Waals surface area contributed by atoms with E-state index < -0.39 is 0 Å². The molecule has 0 radical (unpaired) electrons. The summed E-state index contributed by atoms with van der Waals surface area (Å²) in [5.74, 6) is 0.904. The highest BCUT2D eigenvalue weighted by Gasteiger charge is 2.10. The number of anilines is 1. The monoisotopic (exact) mass is 248 g/mol. The van der Waals surface area contributed by atoms with Crippen LogP contribution in [0.25, 0.3) is 0 Å². The molecule has 17 heavy (non-hydrogen) atoms. The van der Waals surface area contributed by atoms with E-state index in [1.807, 2.05) is 19.1 Å². The molecule has 0 fully saturated rings. The Balaban J connectivity index is 2.35. The van der Waals surface area contributed by atoms with Crippen LogP contribution < -0.4 is 10.5 Å². The number of benzene rings is 1. The van der Waals surface area contributed by atoms with Crippen molar-refractivity contribution in [1.29, 1.82) is 0 Å². The molecule has 0 saturated carbocycles. The molecule has 1 aromatic carbocycles. The van der Waals surface area contributed by atoms with Crippen molar-refractivity contribution in [3.8, 4) is 5.75 Å². The Morgan fingerprint density at radius 2 is 2.12 bits per heavy atom. The molecular formula is C13H16N2OS. The van der Waals surface area contributed by atoms with E-state index in [1.165, 1.54) is 21.8 Å². The van der Waals surface area contributed by atoms with Crippen LogP contribution in [0.5, 0.6) is 5.75 Å². The van der Waals surface area contributed by atoms with Gasteiger partial charge in [0.15, 0.2) is 5.13 Å². The predicted molar refractivity (Wildman–Crippen MR) is 71.8 cm³/mol. The Morgan fingerprint density at radius 3 is 2.71 bits per heavy atom. The molecule has 2 N–H and O–H groups in total. The van der Waals surface area contributed by atoms with E-state index in [0.717, 1.165) is 23.4 Å². The van der Waals surface area contributed by atoms with Gasteiger partial charge in [-0.3, -0.25) is 0 Å². The topological polar surface area (TPSA) is 48.1 Å². The molecule has 3 nitrogen and oxygen atoms in total. The number of methoxy groups -OCH3 is 1. The van der Waals surface area contributed by atoms with Gasteiger partial charge in [0.25, 0.3) is 0 Å². The molecule has 0 saturated heterocycles. The number of nitrogens with zero attached hydrogens (tertiary/aromatic N) is 1. The molecule has 0 aliphatic heterocycles. The summed E-state index contributed by atoms with van der Waals surface area (Å²) < 4.78 is 5.36. The lowest BCUT2D eigenvalue weighted by Crippen LogP contribution is -1.96. The van der Waals surface area contributed by atoms with E-state index in [1.54, 1.807) is 7.11 Å². The minimum Gasteiger partial charge on any atom is -0.496 e. The zero-order valence-corrected chi connectivity index (χ0v) is 11.1. The van der Waals surface area contributed by atoms with Gasteiger partial charge in [-0.15, -0.1) is 11.3 Å². The first-order valence-electron chi connectivity index (χ1n) is 5.45. The summed E-state index contributed by atoms with van der Waals surface area (Å²) in [5.41, 5.74) is 9.13. The maximum absolute atomic E-state index is 5.71. The second kappa shape index (κ2) is 4.75. The summed E-state index contributed by atoms with van der Waals surface area (Å²) in [6, 6.07) is 6.17. The highest BCUT2D eigenvalue weighted by molar-refractivity contribution is 7.15. The molecule has 1 aromatic heterocycles. The van der Waals surface area contributed by atoms with Gasteiger partial charge in [-0.05, 0) is 19.9 Å². The molecular weight excluding hydrogens is 232 g/mol. The SMILES string of the molecule is COc1ccc(C)cc1Cc1nc(N)sc1C. The molecule has 4 heteroatoms. The Kier molecular flexibility index (Phi) is 3.33. The number of hydrogen-bond acceptors (Lipinski definition) is 4. The van der Waals surface area contributed by atoms with Gasteiger partial charge in [-0.25, -0.2) is 4.98 Å². The van der Waals surface area contributed by atoms with Crippen LogP contribution in [0, 0.1) is 13.8 Å². The molecule has 0 amide bonds. The lowest BCUT2D eigenvalue weighted by molar-refractivity contribution is 0.410. The van der Waals surface area contributed by atoms with E-state index >= 15 is 0 Å². The number of rotatable bonds is 3. The fraction of sp³-hybridized carbons (Fsp3) is 0.308. The number of hydrogen-bond donors (Lipinski definition) is 1.